The summed E-state index contributed by atoms with van der Waals surface area (Å²) in [5.74, 6) is 0.145. The lowest BCUT2D eigenvalue weighted by atomic mass is 10.4. The summed E-state index contributed by atoms with van der Waals surface area (Å²) < 4.78 is 0. The van der Waals surface area contributed by atoms with Crippen molar-refractivity contribution in [2.75, 3.05) is 13.6 Å². The summed E-state index contributed by atoms with van der Waals surface area (Å²) in [5.41, 5.74) is 0.851. The van der Waals surface area contributed by atoms with Crippen molar-refractivity contribution in [3.8, 4) is 0 Å². The summed E-state index contributed by atoms with van der Waals surface area (Å²) in [5, 5.41) is 10.8. The minimum Gasteiger partial charge on any atom is -0.342 e. The fourth-order valence-electron chi connectivity index (χ4n) is 1.52. The van der Waals surface area contributed by atoms with Gasteiger partial charge < -0.3 is 10.2 Å². The van der Waals surface area contributed by atoms with Crippen LogP contribution in [0.1, 0.15) is 18.5 Å². The van der Waals surface area contributed by atoms with Gasteiger partial charge in [0, 0.05) is 25.8 Å². The molecule has 1 amide bonds. The Morgan fingerprint density at radius 2 is 2.44 bits per heavy atom. The second-order valence-electron chi connectivity index (χ2n) is 4.05. The average molecular weight is 220 g/mol. The van der Waals surface area contributed by atoms with Gasteiger partial charge in [-0.15, -0.1) is 0 Å². The zero-order valence-corrected chi connectivity index (χ0v) is 9.39. The molecule has 0 bridgehead atoms. The fraction of sp³-hybridized carbons (Fsp3) is 0.545. The van der Waals surface area contributed by atoms with Crippen molar-refractivity contribution in [3.05, 3.63) is 24.0 Å². The molecular formula is C11H16N4O. The summed E-state index contributed by atoms with van der Waals surface area (Å²) in [6, 6.07) is 4.20. The number of nitrogens with one attached hydrogen (secondary N) is 1. The first-order valence-electron chi connectivity index (χ1n) is 5.50. The molecule has 5 heteroatoms. The summed E-state index contributed by atoms with van der Waals surface area (Å²) in [7, 11) is 1.87. The van der Waals surface area contributed by atoms with E-state index >= 15 is 0 Å². The smallest absolute Gasteiger partial charge is 0.236 e. The molecule has 0 saturated heterocycles. The monoisotopic (exact) mass is 220 g/mol. The first kappa shape index (κ1) is 11.0. The van der Waals surface area contributed by atoms with Gasteiger partial charge in [-0.2, -0.15) is 10.2 Å². The van der Waals surface area contributed by atoms with E-state index in [0.717, 1.165) is 18.5 Å². The molecule has 0 spiro atoms. The number of amides is 1. The van der Waals surface area contributed by atoms with Crippen molar-refractivity contribution in [1.82, 2.24) is 20.4 Å². The Hall–Kier alpha value is -1.49. The van der Waals surface area contributed by atoms with Crippen LogP contribution in [-0.4, -0.2) is 40.6 Å². The average Bonchev–Trinajstić information content (AvgIpc) is 3.13. The van der Waals surface area contributed by atoms with Crippen molar-refractivity contribution in [2.45, 2.75) is 25.4 Å². The number of nitrogens with zero attached hydrogens (tertiary/aromatic N) is 3. The summed E-state index contributed by atoms with van der Waals surface area (Å²) >= 11 is 0. The number of carbonyl (C=O) groups excluding carboxylic acids is 1. The van der Waals surface area contributed by atoms with Crippen molar-refractivity contribution in [3.63, 3.8) is 0 Å². The number of hydrogen-bond donors (Lipinski definition) is 1. The molecule has 1 aliphatic carbocycles. The molecule has 1 N–H and O–H groups in total. The van der Waals surface area contributed by atoms with Gasteiger partial charge in [0.05, 0.1) is 12.2 Å². The van der Waals surface area contributed by atoms with Gasteiger partial charge in [0.1, 0.15) is 0 Å². The topological polar surface area (TPSA) is 58.1 Å². The number of carbonyl (C=O) groups is 1. The van der Waals surface area contributed by atoms with Crippen molar-refractivity contribution in [2.24, 2.45) is 0 Å². The number of aromatic nitrogens is 2. The van der Waals surface area contributed by atoms with Gasteiger partial charge in [0.25, 0.3) is 0 Å². The van der Waals surface area contributed by atoms with E-state index in [1.54, 1.807) is 6.20 Å². The highest BCUT2D eigenvalue weighted by molar-refractivity contribution is 5.78. The molecule has 1 heterocycles. The SMILES string of the molecule is CN(C(=O)CNCc1cccnn1)C1CC1. The molecule has 1 aromatic rings. The summed E-state index contributed by atoms with van der Waals surface area (Å²) in [4.78, 5) is 13.5. The van der Waals surface area contributed by atoms with Gasteiger partial charge in [-0.3, -0.25) is 4.79 Å². The van der Waals surface area contributed by atoms with Gasteiger partial charge >= 0.3 is 0 Å². The van der Waals surface area contributed by atoms with Gasteiger partial charge in [0.2, 0.25) is 5.91 Å². The minimum atomic E-state index is 0.145. The lowest BCUT2D eigenvalue weighted by Crippen LogP contribution is -2.36. The number of rotatable bonds is 5. The Morgan fingerprint density at radius 1 is 1.62 bits per heavy atom. The van der Waals surface area contributed by atoms with Crippen molar-refractivity contribution in [1.29, 1.82) is 0 Å². The Balaban J connectivity index is 1.69. The van der Waals surface area contributed by atoms with Crippen LogP contribution in [0.2, 0.25) is 0 Å². The molecule has 86 valence electrons. The normalized spacial score (nSPS) is 14.8. The van der Waals surface area contributed by atoms with Crippen LogP contribution in [0.4, 0.5) is 0 Å². The first-order chi connectivity index (χ1) is 7.77. The first-order valence-corrected chi connectivity index (χ1v) is 5.50. The minimum absolute atomic E-state index is 0.145. The van der Waals surface area contributed by atoms with Crippen LogP contribution < -0.4 is 5.32 Å². The van der Waals surface area contributed by atoms with Gasteiger partial charge in [0.15, 0.2) is 0 Å². The number of likely N-dealkylation sites (N-methyl/N-ethyl adjacent to an activating group) is 1. The van der Waals surface area contributed by atoms with E-state index < -0.39 is 0 Å². The van der Waals surface area contributed by atoms with Crippen LogP contribution in [0.5, 0.6) is 0 Å². The molecule has 1 aromatic heterocycles. The van der Waals surface area contributed by atoms with E-state index in [1.165, 1.54) is 0 Å². The van der Waals surface area contributed by atoms with E-state index in [1.807, 2.05) is 24.1 Å². The lowest BCUT2D eigenvalue weighted by molar-refractivity contribution is -0.129. The molecule has 1 saturated carbocycles. The zero-order chi connectivity index (χ0) is 11.4. The maximum absolute atomic E-state index is 11.6. The molecule has 0 atom stereocenters. The Kier molecular flexibility index (Phi) is 3.46. The Morgan fingerprint density at radius 3 is 3.06 bits per heavy atom. The van der Waals surface area contributed by atoms with Crippen LogP contribution in [0.3, 0.4) is 0 Å². The Bertz CT molecular complexity index is 350. The molecule has 2 rings (SSSR count). The molecule has 1 aliphatic rings. The van der Waals surface area contributed by atoms with Gasteiger partial charge in [-0.25, -0.2) is 0 Å². The van der Waals surface area contributed by atoms with E-state index in [-0.39, 0.29) is 5.91 Å². The zero-order valence-electron chi connectivity index (χ0n) is 9.39. The third-order valence-corrected chi connectivity index (χ3v) is 2.70. The van der Waals surface area contributed by atoms with Gasteiger partial charge in [-0.1, -0.05) is 0 Å². The standard InChI is InChI=1S/C11H16N4O/c1-15(10-4-5-10)11(16)8-12-7-9-3-2-6-13-14-9/h2-3,6,10,12H,4-5,7-8H2,1H3. The molecule has 5 nitrogen and oxygen atoms in total. The number of hydrogen-bond acceptors (Lipinski definition) is 4. The van der Waals surface area contributed by atoms with E-state index in [9.17, 15) is 4.79 Å². The summed E-state index contributed by atoms with van der Waals surface area (Å²) in [6.45, 7) is 0.946. The van der Waals surface area contributed by atoms with Crippen LogP contribution in [0.15, 0.2) is 18.3 Å². The molecule has 0 aromatic carbocycles. The predicted octanol–water partition coefficient (Wildman–Crippen LogP) is 0.187. The highest BCUT2D eigenvalue weighted by atomic mass is 16.2. The molecule has 0 aliphatic heterocycles. The highest BCUT2D eigenvalue weighted by Gasteiger charge is 2.28. The second-order valence-corrected chi connectivity index (χ2v) is 4.05. The largest absolute Gasteiger partial charge is 0.342 e. The van der Waals surface area contributed by atoms with Crippen LogP contribution in [0.25, 0.3) is 0 Å². The van der Waals surface area contributed by atoms with E-state index in [0.29, 0.717) is 19.1 Å². The molecule has 1 fully saturated rings. The Labute approximate surface area is 94.9 Å². The second kappa shape index (κ2) is 5.03. The maximum Gasteiger partial charge on any atom is 0.236 e. The third kappa shape index (κ3) is 3.00. The van der Waals surface area contributed by atoms with Crippen LogP contribution in [0, 0.1) is 0 Å². The molecule has 0 radical (unpaired) electrons. The predicted molar refractivity (Wildman–Crippen MR) is 59.5 cm³/mol. The van der Waals surface area contributed by atoms with Crippen molar-refractivity contribution >= 4 is 5.91 Å². The molecular weight excluding hydrogens is 204 g/mol. The molecule has 0 unspecified atom stereocenters. The van der Waals surface area contributed by atoms with Gasteiger partial charge in [-0.05, 0) is 25.0 Å². The maximum atomic E-state index is 11.6. The third-order valence-electron chi connectivity index (χ3n) is 2.70. The molecule has 16 heavy (non-hydrogen) atoms. The van der Waals surface area contributed by atoms with E-state index in [4.69, 9.17) is 0 Å². The van der Waals surface area contributed by atoms with E-state index in [2.05, 4.69) is 15.5 Å². The highest BCUT2D eigenvalue weighted by Crippen LogP contribution is 2.24. The lowest BCUT2D eigenvalue weighted by Gasteiger charge is -2.16. The quantitative estimate of drug-likeness (QED) is 0.769. The van der Waals surface area contributed by atoms with Crippen LogP contribution >= 0.6 is 0 Å². The fourth-order valence-corrected chi connectivity index (χ4v) is 1.52. The van der Waals surface area contributed by atoms with Crippen LogP contribution in [-0.2, 0) is 11.3 Å². The summed E-state index contributed by atoms with van der Waals surface area (Å²) in [6.07, 6.45) is 3.92. The van der Waals surface area contributed by atoms with Crippen molar-refractivity contribution < 1.29 is 4.79 Å².